The molecule has 4 heterocycles. The summed E-state index contributed by atoms with van der Waals surface area (Å²) in [4.78, 5) is 25.8. The number of carbonyl (C=O) groups is 1. The molecule has 2 aromatic rings. The predicted octanol–water partition coefficient (Wildman–Crippen LogP) is 1.42. The monoisotopic (exact) mass is 370 g/mol. The van der Waals surface area contributed by atoms with Crippen LogP contribution in [0.1, 0.15) is 35.2 Å². The Kier molecular flexibility index (Phi) is 4.98. The Hall–Kier alpha value is -2.61. The minimum atomic E-state index is -0.378. The van der Waals surface area contributed by atoms with Gasteiger partial charge in [0.1, 0.15) is 17.1 Å². The van der Waals surface area contributed by atoms with Crippen LogP contribution in [0.5, 0.6) is 0 Å². The van der Waals surface area contributed by atoms with E-state index in [0.29, 0.717) is 23.7 Å². The summed E-state index contributed by atoms with van der Waals surface area (Å²) in [6.07, 6.45) is 6.66. The summed E-state index contributed by atoms with van der Waals surface area (Å²) < 4.78 is 3.51. The first kappa shape index (κ1) is 17.8. The molecule has 144 valence electrons. The lowest BCUT2D eigenvalue weighted by Gasteiger charge is -2.23. The van der Waals surface area contributed by atoms with E-state index in [-0.39, 0.29) is 17.0 Å². The Morgan fingerprint density at radius 1 is 1.37 bits per heavy atom. The molecule has 0 aromatic carbocycles. The highest BCUT2D eigenvalue weighted by Gasteiger charge is 2.21. The molecule has 1 atom stereocenters. The minimum Gasteiger partial charge on any atom is -0.368 e. The van der Waals surface area contributed by atoms with E-state index in [2.05, 4.69) is 21.0 Å². The Labute approximate surface area is 158 Å². The summed E-state index contributed by atoms with van der Waals surface area (Å²) in [5.41, 5.74) is 1.28. The Morgan fingerprint density at radius 3 is 3.07 bits per heavy atom. The van der Waals surface area contributed by atoms with E-state index >= 15 is 0 Å². The van der Waals surface area contributed by atoms with E-state index in [9.17, 15) is 9.59 Å². The summed E-state index contributed by atoms with van der Waals surface area (Å²) in [6, 6.07) is 1.85. The molecule has 1 unspecified atom stereocenters. The molecule has 4 rings (SSSR count). The van der Waals surface area contributed by atoms with Gasteiger partial charge in [0.05, 0.1) is 6.20 Å². The molecule has 0 aliphatic carbocycles. The highest BCUT2D eigenvalue weighted by Crippen LogP contribution is 2.24. The van der Waals surface area contributed by atoms with E-state index in [0.717, 1.165) is 51.3 Å². The molecule has 0 saturated carbocycles. The van der Waals surface area contributed by atoms with Gasteiger partial charge in [-0.15, -0.1) is 0 Å². The van der Waals surface area contributed by atoms with Crippen molar-refractivity contribution in [1.82, 2.24) is 19.7 Å². The number of carbonyl (C=O) groups excluding carboxylic acids is 1. The van der Waals surface area contributed by atoms with Gasteiger partial charge in [-0.05, 0) is 56.8 Å². The van der Waals surface area contributed by atoms with Gasteiger partial charge in [0, 0.05) is 25.8 Å². The maximum atomic E-state index is 13.0. The lowest BCUT2D eigenvalue weighted by Crippen LogP contribution is -2.36. The summed E-state index contributed by atoms with van der Waals surface area (Å²) >= 11 is 0. The van der Waals surface area contributed by atoms with E-state index in [1.165, 1.54) is 0 Å². The molecule has 8 heteroatoms. The smallest absolute Gasteiger partial charge is 0.263 e. The standard InChI is InChI=1S/C19H26N6O2/c1-13-5-9-24(12-14-4-2-6-20-10-14)19(27)16(13)18(26)23-15-11-22-25-8-3-7-21-17(15)25/h5,9,11,14,20-21H,2-4,6-8,10,12H2,1H3,(H,23,26). The number of amides is 1. The summed E-state index contributed by atoms with van der Waals surface area (Å²) in [5, 5.41) is 13.8. The van der Waals surface area contributed by atoms with Crippen molar-refractivity contribution in [3.8, 4) is 0 Å². The van der Waals surface area contributed by atoms with Gasteiger partial charge in [0.2, 0.25) is 0 Å². The fourth-order valence-electron chi connectivity index (χ4n) is 3.90. The van der Waals surface area contributed by atoms with Gasteiger partial charge < -0.3 is 20.5 Å². The van der Waals surface area contributed by atoms with Crippen LogP contribution in [0, 0.1) is 12.8 Å². The van der Waals surface area contributed by atoms with E-state index in [1.807, 2.05) is 10.7 Å². The maximum absolute atomic E-state index is 13.0. The molecule has 2 aromatic heterocycles. The van der Waals surface area contributed by atoms with Gasteiger partial charge in [-0.3, -0.25) is 9.59 Å². The zero-order chi connectivity index (χ0) is 18.8. The zero-order valence-corrected chi connectivity index (χ0v) is 15.6. The van der Waals surface area contributed by atoms with Crippen molar-refractivity contribution in [3.63, 3.8) is 0 Å². The molecule has 0 spiro atoms. The quantitative estimate of drug-likeness (QED) is 0.757. The maximum Gasteiger partial charge on any atom is 0.263 e. The average molecular weight is 370 g/mol. The predicted molar refractivity (Wildman–Crippen MR) is 104 cm³/mol. The molecule has 27 heavy (non-hydrogen) atoms. The Bertz CT molecular complexity index is 894. The van der Waals surface area contributed by atoms with Gasteiger partial charge in [-0.2, -0.15) is 5.10 Å². The van der Waals surface area contributed by atoms with Crippen LogP contribution in [0.15, 0.2) is 23.3 Å². The number of anilines is 2. The molecule has 1 saturated heterocycles. The normalized spacial score (nSPS) is 19.2. The van der Waals surface area contributed by atoms with Crippen molar-refractivity contribution in [3.05, 3.63) is 39.9 Å². The van der Waals surface area contributed by atoms with Crippen LogP contribution in [0.3, 0.4) is 0 Å². The van der Waals surface area contributed by atoms with Gasteiger partial charge in [-0.25, -0.2) is 4.68 Å². The highest BCUT2D eigenvalue weighted by molar-refractivity contribution is 6.06. The second-order valence-electron chi connectivity index (χ2n) is 7.41. The number of hydrogen-bond donors (Lipinski definition) is 3. The van der Waals surface area contributed by atoms with Crippen LogP contribution < -0.4 is 21.5 Å². The Morgan fingerprint density at radius 2 is 2.26 bits per heavy atom. The van der Waals surface area contributed by atoms with Gasteiger partial charge in [0.15, 0.2) is 0 Å². The Balaban J connectivity index is 1.57. The zero-order valence-electron chi connectivity index (χ0n) is 15.6. The van der Waals surface area contributed by atoms with Crippen LogP contribution in [0.25, 0.3) is 0 Å². The molecular formula is C19H26N6O2. The number of rotatable bonds is 4. The van der Waals surface area contributed by atoms with E-state index < -0.39 is 0 Å². The summed E-state index contributed by atoms with van der Waals surface area (Å²) in [7, 11) is 0. The molecule has 8 nitrogen and oxygen atoms in total. The number of aryl methyl sites for hydroxylation is 2. The second kappa shape index (κ2) is 7.56. The van der Waals surface area contributed by atoms with Crippen LogP contribution in [0.2, 0.25) is 0 Å². The topological polar surface area (TPSA) is 93.0 Å². The molecule has 0 bridgehead atoms. The first-order valence-electron chi connectivity index (χ1n) is 9.65. The average Bonchev–Trinajstić information content (AvgIpc) is 3.08. The van der Waals surface area contributed by atoms with Gasteiger partial charge in [-0.1, -0.05) is 0 Å². The number of hydrogen-bond acceptors (Lipinski definition) is 5. The SMILES string of the molecule is Cc1ccn(CC2CCCNC2)c(=O)c1C(=O)Nc1cnn2c1NCCC2. The second-order valence-corrected chi connectivity index (χ2v) is 7.41. The minimum absolute atomic E-state index is 0.206. The molecular weight excluding hydrogens is 344 g/mol. The number of nitrogens with zero attached hydrogens (tertiary/aromatic N) is 3. The largest absolute Gasteiger partial charge is 0.368 e. The van der Waals surface area contributed by atoms with Gasteiger partial charge in [0.25, 0.3) is 11.5 Å². The third-order valence-electron chi connectivity index (χ3n) is 5.38. The summed E-state index contributed by atoms with van der Waals surface area (Å²) in [6.45, 7) is 6.06. The number of piperidine rings is 1. The summed E-state index contributed by atoms with van der Waals surface area (Å²) in [5.74, 6) is 0.843. The fraction of sp³-hybridized carbons (Fsp3) is 0.526. The van der Waals surface area contributed by atoms with E-state index in [4.69, 9.17) is 0 Å². The van der Waals surface area contributed by atoms with Crippen molar-refractivity contribution in [2.24, 2.45) is 5.92 Å². The highest BCUT2D eigenvalue weighted by atomic mass is 16.2. The van der Waals surface area contributed by atoms with Crippen molar-refractivity contribution >= 4 is 17.4 Å². The first-order chi connectivity index (χ1) is 13.1. The van der Waals surface area contributed by atoms with Crippen LogP contribution in [0.4, 0.5) is 11.5 Å². The van der Waals surface area contributed by atoms with Gasteiger partial charge >= 0.3 is 0 Å². The number of pyridine rings is 1. The molecule has 0 radical (unpaired) electrons. The van der Waals surface area contributed by atoms with E-state index in [1.54, 1.807) is 23.9 Å². The van der Waals surface area contributed by atoms with Crippen molar-refractivity contribution in [1.29, 1.82) is 0 Å². The molecule has 1 amide bonds. The van der Waals surface area contributed by atoms with Crippen LogP contribution >= 0.6 is 0 Å². The van der Waals surface area contributed by atoms with Crippen LogP contribution in [-0.4, -0.2) is 39.9 Å². The molecule has 1 fully saturated rings. The molecule has 3 N–H and O–H groups in total. The third-order valence-corrected chi connectivity index (χ3v) is 5.38. The third kappa shape index (κ3) is 3.62. The number of fused-ring (bicyclic) bond motifs is 1. The lowest BCUT2D eigenvalue weighted by atomic mass is 9.99. The number of aromatic nitrogens is 3. The molecule has 2 aliphatic heterocycles. The first-order valence-corrected chi connectivity index (χ1v) is 9.65. The van der Waals surface area contributed by atoms with Crippen molar-refractivity contribution in [2.45, 2.75) is 39.3 Å². The van der Waals surface area contributed by atoms with Crippen molar-refractivity contribution < 1.29 is 4.79 Å². The molecule has 2 aliphatic rings. The number of nitrogens with one attached hydrogen (secondary N) is 3. The van der Waals surface area contributed by atoms with Crippen LogP contribution in [-0.2, 0) is 13.1 Å². The van der Waals surface area contributed by atoms with Crippen molar-refractivity contribution in [2.75, 3.05) is 30.3 Å². The fourth-order valence-corrected chi connectivity index (χ4v) is 3.90. The lowest BCUT2D eigenvalue weighted by molar-refractivity contribution is 0.102.